The first kappa shape index (κ1) is 23.1. The van der Waals surface area contributed by atoms with E-state index in [1.165, 1.54) is 18.2 Å². The Labute approximate surface area is 199 Å². The number of primary amides is 1. The van der Waals surface area contributed by atoms with Crippen molar-refractivity contribution in [1.82, 2.24) is 14.7 Å². The fourth-order valence-corrected chi connectivity index (χ4v) is 4.87. The number of hydrogen-bond donors (Lipinski definition) is 2. The third-order valence-corrected chi connectivity index (χ3v) is 6.77. The molecule has 4 rings (SSSR count). The van der Waals surface area contributed by atoms with Crippen LogP contribution in [0.2, 0.25) is 10.0 Å². The summed E-state index contributed by atoms with van der Waals surface area (Å²) in [6, 6.07) is 8.17. The second-order valence-electron chi connectivity index (χ2n) is 8.08. The average molecular weight is 490 g/mol. The molecule has 10 heteroatoms. The molecule has 0 aliphatic carbocycles. The lowest BCUT2D eigenvalue weighted by molar-refractivity contribution is -0.125. The van der Waals surface area contributed by atoms with Crippen LogP contribution in [-0.4, -0.2) is 39.6 Å². The summed E-state index contributed by atoms with van der Waals surface area (Å²) in [6.45, 7) is 5.92. The first-order chi connectivity index (χ1) is 15.6. The number of aromatic nitrogens is 2. The fraction of sp³-hybridized carbons (Fsp3) is 0.261. The minimum Gasteiger partial charge on any atom is -0.373 e. The van der Waals surface area contributed by atoms with Crippen molar-refractivity contribution in [2.24, 2.45) is 5.73 Å². The molecule has 1 saturated heterocycles. The van der Waals surface area contributed by atoms with Gasteiger partial charge in [0.15, 0.2) is 0 Å². The van der Waals surface area contributed by atoms with Crippen LogP contribution in [0.5, 0.6) is 0 Å². The van der Waals surface area contributed by atoms with Crippen LogP contribution in [0.1, 0.15) is 17.7 Å². The number of likely N-dealkylation sites (tertiary alicyclic amines) is 1. The molecule has 0 spiro atoms. The van der Waals surface area contributed by atoms with E-state index in [1.807, 2.05) is 19.1 Å². The topological polar surface area (TPSA) is 93.3 Å². The molecule has 2 heterocycles. The van der Waals surface area contributed by atoms with Crippen LogP contribution in [0.4, 0.5) is 10.1 Å². The lowest BCUT2D eigenvalue weighted by Gasteiger charge is -2.33. The van der Waals surface area contributed by atoms with Gasteiger partial charge in [0.05, 0.1) is 21.1 Å². The van der Waals surface area contributed by atoms with Crippen molar-refractivity contribution in [3.05, 3.63) is 70.1 Å². The van der Waals surface area contributed by atoms with Crippen LogP contribution < -0.4 is 11.1 Å². The van der Waals surface area contributed by atoms with Gasteiger partial charge in [0.2, 0.25) is 11.8 Å². The highest BCUT2D eigenvalue weighted by Crippen LogP contribution is 2.43. The number of aryl methyl sites for hydroxylation is 1. The predicted octanol–water partition coefficient (Wildman–Crippen LogP) is 4.00. The van der Waals surface area contributed by atoms with E-state index in [2.05, 4.69) is 17.0 Å². The summed E-state index contributed by atoms with van der Waals surface area (Å²) in [5, 5.41) is 9.04. The van der Waals surface area contributed by atoms with Gasteiger partial charge >= 0.3 is 0 Å². The molecule has 0 radical (unpaired) electrons. The molecule has 1 aliphatic rings. The largest absolute Gasteiger partial charge is 0.373 e. The molecular formula is C23H22Cl2FN5O2. The van der Waals surface area contributed by atoms with E-state index >= 15 is 4.39 Å². The van der Waals surface area contributed by atoms with E-state index < -0.39 is 17.3 Å². The maximum Gasteiger partial charge on any atom is 0.246 e. The lowest BCUT2D eigenvalue weighted by Crippen LogP contribution is -2.41. The quantitative estimate of drug-likeness (QED) is 0.404. The fourth-order valence-electron chi connectivity index (χ4n) is 4.38. The van der Waals surface area contributed by atoms with E-state index in [1.54, 1.807) is 15.6 Å². The van der Waals surface area contributed by atoms with Crippen molar-refractivity contribution >= 4 is 51.6 Å². The van der Waals surface area contributed by atoms with Gasteiger partial charge in [0.25, 0.3) is 0 Å². The Morgan fingerprint density at radius 1 is 1.33 bits per heavy atom. The third kappa shape index (κ3) is 4.16. The molecule has 172 valence electrons. The highest BCUT2D eigenvalue weighted by Gasteiger charge is 2.44. The number of carbonyl (C=O) groups excluding carboxylic acids is 2. The number of halogens is 3. The summed E-state index contributed by atoms with van der Waals surface area (Å²) in [7, 11) is 0. The van der Waals surface area contributed by atoms with E-state index in [4.69, 9.17) is 28.9 Å². The minimum atomic E-state index is -1.02. The first-order valence-electron chi connectivity index (χ1n) is 10.2. The second-order valence-corrected chi connectivity index (χ2v) is 8.87. The molecule has 1 fully saturated rings. The molecule has 7 nitrogen and oxygen atoms in total. The second kappa shape index (κ2) is 8.68. The first-order valence-corrected chi connectivity index (χ1v) is 11.0. The van der Waals surface area contributed by atoms with Gasteiger partial charge in [-0.25, -0.2) is 4.39 Å². The van der Waals surface area contributed by atoms with E-state index in [-0.39, 0.29) is 34.6 Å². The number of benzene rings is 2. The molecule has 1 unspecified atom stereocenters. The summed E-state index contributed by atoms with van der Waals surface area (Å²) in [5.41, 5.74) is 6.58. The van der Waals surface area contributed by atoms with Crippen LogP contribution in [0.15, 0.2) is 43.0 Å². The molecule has 3 N–H and O–H groups in total. The highest BCUT2D eigenvalue weighted by molar-refractivity contribution is 6.42. The Balaban J connectivity index is 1.79. The summed E-state index contributed by atoms with van der Waals surface area (Å²) >= 11 is 12.7. The molecule has 0 bridgehead atoms. The maximum atomic E-state index is 15.1. The molecule has 1 atom stereocenters. The molecule has 3 aromatic rings. The van der Waals surface area contributed by atoms with Crippen LogP contribution >= 0.6 is 23.2 Å². The Kier molecular flexibility index (Phi) is 6.07. The van der Waals surface area contributed by atoms with Crippen LogP contribution in [0, 0.1) is 12.7 Å². The van der Waals surface area contributed by atoms with Gasteiger partial charge < -0.3 is 16.0 Å². The standard InChI is InChI=1S/C23H22Cl2FN5O2/c1-3-20(33)30-9-8-23(12-30,21-17(26)7-6-16(24)22(21)25)28-14-4-5-15-13(2)31(11-19(27)32)29-18(15)10-14/h3-7,10,28H,1,8-9,11-12H2,2H3,(H2,27,32). The number of rotatable bonds is 6. The van der Waals surface area contributed by atoms with Crippen molar-refractivity contribution in [3.63, 3.8) is 0 Å². The van der Waals surface area contributed by atoms with Crippen molar-refractivity contribution < 1.29 is 14.0 Å². The van der Waals surface area contributed by atoms with Gasteiger partial charge in [-0.15, -0.1) is 0 Å². The number of fused-ring (bicyclic) bond motifs is 1. The molecular weight excluding hydrogens is 468 g/mol. The van der Waals surface area contributed by atoms with E-state index in [9.17, 15) is 9.59 Å². The van der Waals surface area contributed by atoms with E-state index in [0.29, 0.717) is 24.2 Å². The summed E-state index contributed by atoms with van der Waals surface area (Å²) in [6.07, 6.45) is 1.63. The number of nitrogens with zero attached hydrogens (tertiary/aromatic N) is 3. The Hall–Kier alpha value is -3.10. The molecule has 1 aromatic heterocycles. The van der Waals surface area contributed by atoms with Crippen molar-refractivity contribution in [2.75, 3.05) is 18.4 Å². The Morgan fingerprint density at radius 2 is 2.09 bits per heavy atom. The smallest absolute Gasteiger partial charge is 0.246 e. The van der Waals surface area contributed by atoms with Gasteiger partial charge in [0, 0.05) is 35.4 Å². The van der Waals surface area contributed by atoms with Crippen molar-refractivity contribution in [2.45, 2.75) is 25.4 Å². The Bertz CT molecular complexity index is 1290. The monoisotopic (exact) mass is 489 g/mol. The van der Waals surface area contributed by atoms with Crippen LogP contribution in [0.25, 0.3) is 10.9 Å². The van der Waals surface area contributed by atoms with Gasteiger partial charge in [-0.1, -0.05) is 29.8 Å². The minimum absolute atomic E-state index is 0.0326. The van der Waals surface area contributed by atoms with Crippen LogP contribution in [-0.2, 0) is 21.7 Å². The number of carbonyl (C=O) groups is 2. The van der Waals surface area contributed by atoms with Gasteiger partial charge in [0.1, 0.15) is 12.4 Å². The molecule has 2 aromatic carbocycles. The Morgan fingerprint density at radius 3 is 2.79 bits per heavy atom. The van der Waals surface area contributed by atoms with Gasteiger partial charge in [-0.3, -0.25) is 14.3 Å². The maximum absolute atomic E-state index is 15.1. The summed E-state index contributed by atoms with van der Waals surface area (Å²) in [5.74, 6) is -1.27. The van der Waals surface area contributed by atoms with E-state index in [0.717, 1.165) is 11.1 Å². The molecule has 2 amide bonds. The number of anilines is 1. The number of amides is 2. The summed E-state index contributed by atoms with van der Waals surface area (Å²) < 4.78 is 16.6. The zero-order valence-corrected chi connectivity index (χ0v) is 19.4. The van der Waals surface area contributed by atoms with Crippen LogP contribution in [0.3, 0.4) is 0 Å². The normalized spacial score (nSPS) is 18.0. The molecule has 1 aliphatic heterocycles. The SMILES string of the molecule is C=CC(=O)N1CCC(Nc2ccc3c(C)n(CC(N)=O)nc3c2)(c2c(F)ccc(Cl)c2Cl)C1. The van der Waals surface area contributed by atoms with Gasteiger partial charge in [-0.05, 0) is 49.8 Å². The average Bonchev–Trinajstić information content (AvgIpc) is 3.32. The summed E-state index contributed by atoms with van der Waals surface area (Å²) in [4.78, 5) is 25.2. The third-order valence-electron chi connectivity index (χ3n) is 5.97. The number of hydrogen-bond acceptors (Lipinski definition) is 4. The number of nitrogens with one attached hydrogen (secondary N) is 1. The highest BCUT2D eigenvalue weighted by atomic mass is 35.5. The van der Waals surface area contributed by atoms with Gasteiger partial charge in [-0.2, -0.15) is 5.10 Å². The van der Waals surface area contributed by atoms with Crippen molar-refractivity contribution in [3.8, 4) is 0 Å². The zero-order valence-electron chi connectivity index (χ0n) is 17.9. The van der Waals surface area contributed by atoms with Crippen molar-refractivity contribution in [1.29, 1.82) is 0 Å². The predicted molar refractivity (Wildman–Crippen MR) is 127 cm³/mol. The zero-order chi connectivity index (χ0) is 23.9. The lowest BCUT2D eigenvalue weighted by atomic mass is 9.87. The number of nitrogens with two attached hydrogens (primary N) is 1. The molecule has 0 saturated carbocycles. The molecule has 33 heavy (non-hydrogen) atoms.